The summed E-state index contributed by atoms with van der Waals surface area (Å²) in [6.45, 7) is 3.75. The zero-order valence-corrected chi connectivity index (χ0v) is 11.7. The minimum absolute atomic E-state index is 0.0884. The Hall–Kier alpha value is -1.88. The topological polar surface area (TPSA) is 73.0 Å². The molecule has 2 aromatic rings. The van der Waals surface area contributed by atoms with Gasteiger partial charge in [-0.3, -0.25) is 4.98 Å². The predicted octanol–water partition coefficient (Wildman–Crippen LogP) is 2.25. The zero-order valence-electron chi connectivity index (χ0n) is 10.9. The Morgan fingerprint density at radius 2 is 1.84 bits per heavy atom. The first kappa shape index (κ1) is 13.5. The van der Waals surface area contributed by atoms with Gasteiger partial charge >= 0.3 is 0 Å². The van der Waals surface area contributed by atoms with Gasteiger partial charge in [-0.2, -0.15) is 0 Å². The van der Waals surface area contributed by atoms with Crippen molar-refractivity contribution in [3.8, 4) is 0 Å². The Morgan fingerprint density at radius 3 is 2.47 bits per heavy atom. The SMILES string of the molecule is Cc1cncc(CS(=O)(=O)c2ccc(C)cc2N)c1. The molecule has 0 aliphatic carbocycles. The monoisotopic (exact) mass is 276 g/mol. The van der Waals surface area contributed by atoms with Gasteiger partial charge in [0.25, 0.3) is 0 Å². The number of sulfone groups is 1. The molecule has 0 radical (unpaired) electrons. The maximum Gasteiger partial charge on any atom is 0.184 e. The van der Waals surface area contributed by atoms with Crippen LogP contribution < -0.4 is 5.73 Å². The molecule has 1 heterocycles. The van der Waals surface area contributed by atoms with Crippen LogP contribution in [0.1, 0.15) is 16.7 Å². The van der Waals surface area contributed by atoms with E-state index < -0.39 is 9.84 Å². The van der Waals surface area contributed by atoms with E-state index in [0.29, 0.717) is 11.3 Å². The summed E-state index contributed by atoms with van der Waals surface area (Å²) in [5, 5.41) is 0. The summed E-state index contributed by atoms with van der Waals surface area (Å²) in [7, 11) is -3.44. The number of pyridine rings is 1. The van der Waals surface area contributed by atoms with Gasteiger partial charge in [0, 0.05) is 12.4 Å². The predicted molar refractivity (Wildman–Crippen MR) is 75.5 cm³/mol. The quantitative estimate of drug-likeness (QED) is 0.873. The summed E-state index contributed by atoms with van der Waals surface area (Å²) in [6, 6.07) is 6.79. The standard InChI is InChI=1S/C14H16N2O2S/c1-10-3-4-14(13(15)6-10)19(17,18)9-12-5-11(2)7-16-8-12/h3-8H,9,15H2,1-2H3. The summed E-state index contributed by atoms with van der Waals surface area (Å²) in [5.41, 5.74) is 8.63. The molecule has 0 aliphatic rings. The highest BCUT2D eigenvalue weighted by Gasteiger charge is 2.18. The van der Waals surface area contributed by atoms with Gasteiger partial charge < -0.3 is 5.73 Å². The van der Waals surface area contributed by atoms with Crippen molar-refractivity contribution in [2.75, 3.05) is 5.73 Å². The lowest BCUT2D eigenvalue weighted by Gasteiger charge is -2.08. The van der Waals surface area contributed by atoms with E-state index in [9.17, 15) is 8.42 Å². The lowest BCUT2D eigenvalue weighted by Crippen LogP contribution is -2.08. The number of nitrogens with zero attached hydrogens (tertiary/aromatic N) is 1. The normalized spacial score (nSPS) is 11.5. The fourth-order valence-corrected chi connectivity index (χ4v) is 3.39. The van der Waals surface area contributed by atoms with E-state index in [1.54, 1.807) is 30.6 Å². The van der Waals surface area contributed by atoms with Crippen LogP contribution in [0.4, 0.5) is 5.69 Å². The molecule has 0 bridgehead atoms. The average Bonchev–Trinajstić information content (AvgIpc) is 2.27. The lowest BCUT2D eigenvalue weighted by atomic mass is 10.2. The van der Waals surface area contributed by atoms with Crippen LogP contribution in [0, 0.1) is 13.8 Å². The van der Waals surface area contributed by atoms with Crippen LogP contribution >= 0.6 is 0 Å². The van der Waals surface area contributed by atoms with Crippen LogP contribution in [-0.4, -0.2) is 13.4 Å². The van der Waals surface area contributed by atoms with Crippen molar-refractivity contribution in [1.29, 1.82) is 0 Å². The van der Waals surface area contributed by atoms with E-state index in [2.05, 4.69) is 4.98 Å². The molecule has 1 aromatic carbocycles. The van der Waals surface area contributed by atoms with Gasteiger partial charge in [-0.05, 0) is 42.7 Å². The first-order valence-electron chi connectivity index (χ1n) is 5.88. The van der Waals surface area contributed by atoms with E-state index in [-0.39, 0.29) is 10.6 Å². The van der Waals surface area contributed by atoms with Crippen LogP contribution in [0.2, 0.25) is 0 Å². The Kier molecular flexibility index (Phi) is 3.57. The highest BCUT2D eigenvalue weighted by Crippen LogP contribution is 2.23. The molecule has 100 valence electrons. The number of aromatic nitrogens is 1. The molecule has 0 fully saturated rings. The van der Waals surface area contributed by atoms with Crippen molar-refractivity contribution in [2.45, 2.75) is 24.5 Å². The van der Waals surface area contributed by atoms with Crippen LogP contribution in [0.5, 0.6) is 0 Å². The Morgan fingerprint density at radius 1 is 1.11 bits per heavy atom. The number of benzene rings is 1. The van der Waals surface area contributed by atoms with Crippen LogP contribution in [0.3, 0.4) is 0 Å². The first-order chi connectivity index (χ1) is 8.88. The largest absolute Gasteiger partial charge is 0.398 e. The molecule has 0 amide bonds. The van der Waals surface area contributed by atoms with Gasteiger partial charge in [0.05, 0.1) is 16.3 Å². The molecule has 0 atom stereocenters. The third-order valence-corrected chi connectivity index (χ3v) is 4.54. The molecule has 0 unspecified atom stereocenters. The van der Waals surface area contributed by atoms with E-state index in [4.69, 9.17) is 5.73 Å². The van der Waals surface area contributed by atoms with Gasteiger partial charge in [0.2, 0.25) is 0 Å². The summed E-state index contributed by atoms with van der Waals surface area (Å²) in [5.74, 6) is -0.0884. The van der Waals surface area contributed by atoms with Gasteiger partial charge in [-0.25, -0.2) is 8.42 Å². The molecule has 1 aromatic heterocycles. The van der Waals surface area contributed by atoms with Crippen molar-refractivity contribution < 1.29 is 8.42 Å². The van der Waals surface area contributed by atoms with Crippen molar-refractivity contribution in [3.05, 3.63) is 53.3 Å². The summed E-state index contributed by atoms with van der Waals surface area (Å²) < 4.78 is 24.7. The highest BCUT2D eigenvalue weighted by atomic mass is 32.2. The number of nitrogens with two attached hydrogens (primary N) is 1. The molecule has 19 heavy (non-hydrogen) atoms. The number of rotatable bonds is 3. The van der Waals surface area contributed by atoms with Crippen molar-refractivity contribution >= 4 is 15.5 Å². The average molecular weight is 276 g/mol. The maximum atomic E-state index is 12.3. The second-order valence-electron chi connectivity index (χ2n) is 4.67. The smallest absolute Gasteiger partial charge is 0.184 e. The van der Waals surface area contributed by atoms with Crippen LogP contribution in [0.15, 0.2) is 41.6 Å². The fourth-order valence-electron chi connectivity index (χ4n) is 1.94. The van der Waals surface area contributed by atoms with Crippen molar-refractivity contribution in [1.82, 2.24) is 4.98 Å². The summed E-state index contributed by atoms with van der Waals surface area (Å²) >= 11 is 0. The zero-order chi connectivity index (χ0) is 14.0. The number of anilines is 1. The molecule has 2 rings (SSSR count). The number of aryl methyl sites for hydroxylation is 2. The van der Waals surface area contributed by atoms with Crippen molar-refractivity contribution in [3.63, 3.8) is 0 Å². The van der Waals surface area contributed by atoms with Gasteiger partial charge in [-0.15, -0.1) is 0 Å². The van der Waals surface area contributed by atoms with Gasteiger partial charge in [0.1, 0.15) is 0 Å². The van der Waals surface area contributed by atoms with Crippen molar-refractivity contribution in [2.24, 2.45) is 0 Å². The van der Waals surface area contributed by atoms with E-state index in [0.717, 1.165) is 11.1 Å². The van der Waals surface area contributed by atoms with Crippen LogP contribution in [-0.2, 0) is 15.6 Å². The Bertz CT molecular complexity index is 709. The molecular weight excluding hydrogens is 260 g/mol. The van der Waals surface area contributed by atoms with Gasteiger partial charge in [-0.1, -0.05) is 12.1 Å². The Labute approximate surface area is 113 Å². The second-order valence-corrected chi connectivity index (χ2v) is 6.63. The minimum Gasteiger partial charge on any atom is -0.398 e. The summed E-state index contributed by atoms with van der Waals surface area (Å²) in [4.78, 5) is 4.18. The molecule has 0 saturated carbocycles. The number of nitrogen functional groups attached to an aromatic ring is 1. The second kappa shape index (κ2) is 5.01. The van der Waals surface area contributed by atoms with Gasteiger partial charge in [0.15, 0.2) is 9.84 Å². The first-order valence-corrected chi connectivity index (χ1v) is 7.53. The van der Waals surface area contributed by atoms with E-state index in [1.807, 2.05) is 19.9 Å². The molecule has 0 saturated heterocycles. The molecule has 5 heteroatoms. The third-order valence-electron chi connectivity index (χ3n) is 2.79. The summed E-state index contributed by atoms with van der Waals surface area (Å²) in [6.07, 6.45) is 3.26. The third kappa shape index (κ3) is 3.12. The van der Waals surface area contributed by atoms with E-state index >= 15 is 0 Å². The molecule has 4 nitrogen and oxygen atoms in total. The lowest BCUT2D eigenvalue weighted by molar-refractivity contribution is 0.595. The molecule has 0 aliphatic heterocycles. The molecule has 2 N–H and O–H groups in total. The number of hydrogen-bond donors (Lipinski definition) is 1. The number of hydrogen-bond acceptors (Lipinski definition) is 4. The molecular formula is C14H16N2O2S. The maximum absolute atomic E-state index is 12.3. The highest BCUT2D eigenvalue weighted by molar-refractivity contribution is 7.90. The fraction of sp³-hybridized carbons (Fsp3) is 0.214. The minimum atomic E-state index is -3.44. The van der Waals surface area contributed by atoms with Crippen LogP contribution in [0.25, 0.3) is 0 Å². The molecule has 0 spiro atoms. The van der Waals surface area contributed by atoms with E-state index in [1.165, 1.54) is 0 Å². The Balaban J connectivity index is 2.38.